The number of amides is 1. The van der Waals surface area contributed by atoms with Crippen LogP contribution >= 0.6 is 0 Å². The van der Waals surface area contributed by atoms with E-state index < -0.39 is 11.8 Å². The van der Waals surface area contributed by atoms with Crippen LogP contribution in [-0.4, -0.2) is 44.1 Å². The number of rotatable bonds is 5. The van der Waals surface area contributed by atoms with Crippen LogP contribution < -0.4 is 0 Å². The van der Waals surface area contributed by atoms with Crippen LogP contribution in [0.3, 0.4) is 0 Å². The summed E-state index contributed by atoms with van der Waals surface area (Å²) < 4.78 is 23.6. The molecule has 1 aliphatic heterocycles. The smallest absolute Gasteiger partial charge is 0.340 e. The third kappa shape index (κ3) is 3.32. The number of ether oxygens (including phenoxy) is 2. The van der Waals surface area contributed by atoms with Crippen LogP contribution in [0.1, 0.15) is 12.5 Å². The van der Waals surface area contributed by atoms with Crippen molar-refractivity contribution >= 4 is 18.0 Å². The maximum absolute atomic E-state index is 13.9. The molecule has 1 aromatic carbocycles. The first-order valence-electron chi connectivity index (χ1n) is 7.07. The summed E-state index contributed by atoms with van der Waals surface area (Å²) in [5.41, 5.74) is 0.979. The number of carbonyl (C=O) groups excluding carboxylic acids is 2. The van der Waals surface area contributed by atoms with Crippen molar-refractivity contribution < 1.29 is 23.5 Å². The minimum Gasteiger partial charge on any atom is -0.465 e. The van der Waals surface area contributed by atoms with Crippen molar-refractivity contribution in [3.05, 3.63) is 52.5 Å². The first-order chi connectivity index (χ1) is 11.0. The van der Waals surface area contributed by atoms with Gasteiger partial charge in [-0.2, -0.15) is 0 Å². The molecule has 2 rings (SSSR count). The van der Waals surface area contributed by atoms with Crippen LogP contribution in [0.25, 0.3) is 6.08 Å². The average Bonchev–Trinajstić information content (AvgIpc) is 2.77. The summed E-state index contributed by atoms with van der Waals surface area (Å²) in [7, 11) is 2.77. The number of halogens is 1. The van der Waals surface area contributed by atoms with Crippen LogP contribution in [0.2, 0.25) is 0 Å². The molecule has 0 aromatic heterocycles. The van der Waals surface area contributed by atoms with Crippen LogP contribution in [0, 0.1) is 5.82 Å². The topological polar surface area (TPSA) is 55.8 Å². The maximum Gasteiger partial charge on any atom is 0.340 e. The molecule has 1 aromatic rings. The van der Waals surface area contributed by atoms with E-state index >= 15 is 0 Å². The molecule has 1 heterocycles. The number of hydrogen-bond acceptors (Lipinski definition) is 4. The fourth-order valence-corrected chi connectivity index (χ4v) is 2.43. The van der Waals surface area contributed by atoms with Crippen LogP contribution in [0.15, 0.2) is 41.1 Å². The van der Waals surface area contributed by atoms with Crippen molar-refractivity contribution in [2.75, 3.05) is 27.4 Å². The van der Waals surface area contributed by atoms with Gasteiger partial charge in [0.1, 0.15) is 5.82 Å². The molecule has 0 fully saturated rings. The van der Waals surface area contributed by atoms with Gasteiger partial charge in [0.05, 0.1) is 24.9 Å². The second-order valence-electron chi connectivity index (χ2n) is 4.98. The Kier molecular flexibility index (Phi) is 5.28. The van der Waals surface area contributed by atoms with E-state index in [2.05, 4.69) is 0 Å². The fourth-order valence-electron chi connectivity index (χ4n) is 2.43. The standard InChI is InChI=1S/C17H18FNO4/c1-11-15(17(21)23-3)13(16(20)19(11)8-9-22-2)10-12-6-4-5-7-14(12)18/h4-7,10H,8-9H2,1-3H3/b13-10-. The van der Waals surface area contributed by atoms with Crippen molar-refractivity contribution in [2.24, 2.45) is 0 Å². The highest BCUT2D eigenvalue weighted by atomic mass is 19.1. The monoisotopic (exact) mass is 319 g/mol. The fraction of sp³-hybridized carbons (Fsp3) is 0.294. The Morgan fingerprint density at radius 2 is 2.00 bits per heavy atom. The Morgan fingerprint density at radius 1 is 1.30 bits per heavy atom. The lowest BCUT2D eigenvalue weighted by atomic mass is 10.0. The lowest BCUT2D eigenvalue weighted by Crippen LogP contribution is -2.28. The summed E-state index contributed by atoms with van der Waals surface area (Å²) in [6.45, 7) is 2.28. The molecule has 122 valence electrons. The second-order valence-corrected chi connectivity index (χ2v) is 4.98. The lowest BCUT2D eigenvalue weighted by Gasteiger charge is -2.16. The Morgan fingerprint density at radius 3 is 2.61 bits per heavy atom. The molecule has 0 atom stereocenters. The molecule has 0 radical (unpaired) electrons. The predicted molar refractivity (Wildman–Crippen MR) is 82.7 cm³/mol. The lowest BCUT2D eigenvalue weighted by molar-refractivity contribution is -0.136. The summed E-state index contributed by atoms with van der Waals surface area (Å²) in [4.78, 5) is 26.1. The number of methoxy groups -OCH3 is 2. The molecule has 0 spiro atoms. The van der Waals surface area contributed by atoms with E-state index in [0.29, 0.717) is 18.8 Å². The summed E-state index contributed by atoms with van der Waals surface area (Å²) in [5.74, 6) is -1.47. The number of hydrogen-bond donors (Lipinski definition) is 0. The molecule has 0 unspecified atom stereocenters. The van der Waals surface area contributed by atoms with Gasteiger partial charge in [0.25, 0.3) is 5.91 Å². The van der Waals surface area contributed by atoms with Crippen molar-refractivity contribution in [1.82, 2.24) is 4.90 Å². The second kappa shape index (κ2) is 7.19. The van der Waals surface area contributed by atoms with Gasteiger partial charge >= 0.3 is 5.97 Å². The highest BCUT2D eigenvalue weighted by Gasteiger charge is 2.36. The molecule has 6 heteroatoms. The summed E-state index contributed by atoms with van der Waals surface area (Å²) >= 11 is 0. The Balaban J connectivity index is 2.50. The molecule has 0 saturated carbocycles. The largest absolute Gasteiger partial charge is 0.465 e. The van der Waals surface area contributed by atoms with Crippen molar-refractivity contribution in [3.63, 3.8) is 0 Å². The molecule has 1 aliphatic rings. The van der Waals surface area contributed by atoms with Crippen LogP contribution in [-0.2, 0) is 19.1 Å². The molecular weight excluding hydrogens is 301 g/mol. The third-order valence-corrected chi connectivity index (χ3v) is 3.63. The summed E-state index contributed by atoms with van der Waals surface area (Å²) in [5, 5.41) is 0. The molecule has 0 N–H and O–H groups in total. The van der Waals surface area contributed by atoms with E-state index in [9.17, 15) is 14.0 Å². The normalized spacial score (nSPS) is 16.4. The Bertz CT molecular complexity index is 694. The maximum atomic E-state index is 13.9. The van der Waals surface area contributed by atoms with Crippen LogP contribution in [0.4, 0.5) is 4.39 Å². The van der Waals surface area contributed by atoms with Crippen molar-refractivity contribution in [3.8, 4) is 0 Å². The van der Waals surface area contributed by atoms with E-state index in [0.717, 1.165) is 0 Å². The van der Waals surface area contributed by atoms with Gasteiger partial charge in [0.15, 0.2) is 0 Å². The van der Waals surface area contributed by atoms with Gasteiger partial charge in [-0.1, -0.05) is 18.2 Å². The van der Waals surface area contributed by atoms with Gasteiger partial charge in [-0.05, 0) is 19.1 Å². The zero-order chi connectivity index (χ0) is 17.0. The van der Waals surface area contributed by atoms with Gasteiger partial charge in [0.2, 0.25) is 0 Å². The van der Waals surface area contributed by atoms with Crippen LogP contribution in [0.5, 0.6) is 0 Å². The number of allylic oxidation sites excluding steroid dienone is 1. The summed E-state index contributed by atoms with van der Waals surface area (Å²) in [6, 6.07) is 6.05. The van der Waals surface area contributed by atoms with Gasteiger partial charge in [-0.3, -0.25) is 4.79 Å². The van der Waals surface area contributed by atoms with E-state index in [-0.39, 0.29) is 22.6 Å². The van der Waals surface area contributed by atoms with Crippen molar-refractivity contribution in [2.45, 2.75) is 6.92 Å². The molecule has 0 aliphatic carbocycles. The van der Waals surface area contributed by atoms with E-state index in [4.69, 9.17) is 9.47 Å². The molecule has 1 amide bonds. The Labute approximate surface area is 134 Å². The number of nitrogens with zero attached hydrogens (tertiary/aromatic N) is 1. The zero-order valence-corrected chi connectivity index (χ0v) is 13.3. The minimum atomic E-state index is -0.627. The van der Waals surface area contributed by atoms with Gasteiger partial charge in [0, 0.05) is 24.9 Å². The summed E-state index contributed by atoms with van der Waals surface area (Å²) in [6.07, 6.45) is 1.38. The quantitative estimate of drug-likeness (QED) is 0.616. The highest BCUT2D eigenvalue weighted by molar-refractivity contribution is 6.16. The molecule has 5 nitrogen and oxygen atoms in total. The SMILES string of the molecule is COCCN1C(=O)/C(=C\c2ccccc2F)C(C(=O)OC)=C1C. The minimum absolute atomic E-state index is 0.121. The van der Waals surface area contributed by atoms with E-state index in [1.54, 1.807) is 19.1 Å². The van der Waals surface area contributed by atoms with E-state index in [1.807, 2.05) is 0 Å². The first-order valence-corrected chi connectivity index (χ1v) is 7.07. The highest BCUT2D eigenvalue weighted by Crippen LogP contribution is 2.31. The zero-order valence-electron chi connectivity index (χ0n) is 13.3. The molecular formula is C17H18FNO4. The predicted octanol–water partition coefficient (Wildman–Crippen LogP) is 2.14. The third-order valence-electron chi connectivity index (χ3n) is 3.63. The average molecular weight is 319 g/mol. The van der Waals surface area contributed by atoms with E-state index in [1.165, 1.54) is 37.3 Å². The van der Waals surface area contributed by atoms with Gasteiger partial charge in [-0.15, -0.1) is 0 Å². The number of benzene rings is 1. The van der Waals surface area contributed by atoms with Gasteiger partial charge < -0.3 is 14.4 Å². The molecule has 0 saturated heterocycles. The van der Waals surface area contributed by atoms with Crippen molar-refractivity contribution in [1.29, 1.82) is 0 Å². The Hall–Kier alpha value is -2.47. The first kappa shape index (κ1) is 16.9. The van der Waals surface area contributed by atoms with Gasteiger partial charge in [-0.25, -0.2) is 9.18 Å². The number of esters is 1. The molecule has 23 heavy (non-hydrogen) atoms. The molecule has 0 bridgehead atoms. The number of carbonyl (C=O) groups is 2.